The molecule has 0 aromatic heterocycles. The van der Waals surface area contributed by atoms with Crippen LogP contribution in [0, 0.1) is 5.92 Å². The third-order valence-electron chi connectivity index (χ3n) is 5.81. The lowest BCUT2D eigenvalue weighted by Gasteiger charge is -2.35. The molecule has 1 atom stereocenters. The summed E-state index contributed by atoms with van der Waals surface area (Å²) in [5.41, 5.74) is 1.41. The first-order valence-electron chi connectivity index (χ1n) is 10.0. The molecular formula is C21H33N3O2. The minimum atomic E-state index is 0.116. The topological polar surface area (TPSA) is 44.8 Å². The number of nitrogens with zero attached hydrogens (tertiary/aromatic N) is 2. The van der Waals surface area contributed by atoms with Crippen molar-refractivity contribution in [1.29, 1.82) is 0 Å². The molecule has 0 spiro atoms. The predicted molar refractivity (Wildman–Crippen MR) is 104 cm³/mol. The first-order chi connectivity index (χ1) is 12.8. The van der Waals surface area contributed by atoms with Gasteiger partial charge in [-0.25, -0.2) is 4.79 Å². The van der Waals surface area contributed by atoms with Crippen molar-refractivity contribution in [2.24, 2.45) is 5.92 Å². The Morgan fingerprint density at radius 3 is 2.65 bits per heavy atom. The second kappa shape index (κ2) is 9.93. The zero-order valence-corrected chi connectivity index (χ0v) is 16.0. The maximum atomic E-state index is 12.5. The van der Waals surface area contributed by atoms with Crippen molar-refractivity contribution in [3.63, 3.8) is 0 Å². The van der Waals surface area contributed by atoms with E-state index in [9.17, 15) is 4.79 Å². The van der Waals surface area contributed by atoms with E-state index < -0.39 is 0 Å². The Bertz CT molecular complexity index is 543. The van der Waals surface area contributed by atoms with Crippen LogP contribution in [0.1, 0.15) is 37.2 Å². The molecule has 2 fully saturated rings. The molecule has 1 N–H and O–H groups in total. The van der Waals surface area contributed by atoms with Gasteiger partial charge in [-0.3, -0.25) is 0 Å². The largest absolute Gasteiger partial charge is 0.383 e. The maximum absolute atomic E-state index is 12.5. The van der Waals surface area contributed by atoms with Crippen LogP contribution in [0.4, 0.5) is 4.79 Å². The molecule has 5 heteroatoms. The van der Waals surface area contributed by atoms with E-state index in [1.165, 1.54) is 18.4 Å². The SMILES string of the molecule is COCCN1CCC[C@H](CNC(=O)N2CCC(c3ccccc3)CC2)C1. The van der Waals surface area contributed by atoms with Gasteiger partial charge in [0.25, 0.3) is 0 Å². The van der Waals surface area contributed by atoms with Crippen molar-refractivity contribution in [3.05, 3.63) is 35.9 Å². The highest BCUT2D eigenvalue weighted by Crippen LogP contribution is 2.27. The Balaban J connectivity index is 1.38. The zero-order chi connectivity index (χ0) is 18.2. The molecule has 0 saturated carbocycles. The number of benzene rings is 1. The number of methoxy groups -OCH3 is 1. The quantitative estimate of drug-likeness (QED) is 0.849. The van der Waals surface area contributed by atoms with Crippen LogP contribution >= 0.6 is 0 Å². The highest BCUT2D eigenvalue weighted by Gasteiger charge is 2.25. The van der Waals surface area contributed by atoms with Gasteiger partial charge >= 0.3 is 6.03 Å². The summed E-state index contributed by atoms with van der Waals surface area (Å²) in [7, 11) is 1.75. The van der Waals surface area contributed by atoms with Crippen LogP contribution < -0.4 is 5.32 Å². The van der Waals surface area contributed by atoms with Crippen LogP contribution in [-0.2, 0) is 4.74 Å². The Hall–Kier alpha value is -1.59. The lowest BCUT2D eigenvalue weighted by molar-refractivity contribution is 0.113. The number of amides is 2. The molecular weight excluding hydrogens is 326 g/mol. The van der Waals surface area contributed by atoms with Crippen LogP contribution in [0.3, 0.4) is 0 Å². The molecule has 2 aliphatic rings. The van der Waals surface area contributed by atoms with E-state index in [1.54, 1.807) is 7.11 Å². The van der Waals surface area contributed by atoms with Crippen molar-refractivity contribution >= 4 is 6.03 Å². The number of piperidine rings is 2. The van der Waals surface area contributed by atoms with E-state index in [-0.39, 0.29) is 6.03 Å². The average Bonchev–Trinajstić information content (AvgIpc) is 2.71. The van der Waals surface area contributed by atoms with Crippen LogP contribution in [0.15, 0.2) is 30.3 Å². The van der Waals surface area contributed by atoms with Crippen LogP contribution in [0.5, 0.6) is 0 Å². The number of carbonyl (C=O) groups excluding carboxylic acids is 1. The van der Waals surface area contributed by atoms with Gasteiger partial charge in [-0.05, 0) is 49.6 Å². The second-order valence-electron chi connectivity index (χ2n) is 7.66. The second-order valence-corrected chi connectivity index (χ2v) is 7.66. The third kappa shape index (κ3) is 5.45. The Labute approximate surface area is 157 Å². The summed E-state index contributed by atoms with van der Waals surface area (Å²) in [4.78, 5) is 17.0. The fraction of sp³-hybridized carbons (Fsp3) is 0.667. The van der Waals surface area contributed by atoms with E-state index in [4.69, 9.17) is 4.74 Å². The smallest absolute Gasteiger partial charge is 0.317 e. The van der Waals surface area contributed by atoms with Gasteiger partial charge in [0.15, 0.2) is 0 Å². The molecule has 2 aliphatic heterocycles. The number of likely N-dealkylation sites (tertiary alicyclic amines) is 2. The number of hydrogen-bond donors (Lipinski definition) is 1. The number of hydrogen-bond acceptors (Lipinski definition) is 3. The highest BCUT2D eigenvalue weighted by atomic mass is 16.5. The van der Waals surface area contributed by atoms with Gasteiger partial charge in [-0.15, -0.1) is 0 Å². The van der Waals surface area contributed by atoms with Crippen molar-refractivity contribution in [3.8, 4) is 0 Å². The van der Waals surface area contributed by atoms with Crippen LogP contribution in [0.2, 0.25) is 0 Å². The first-order valence-corrected chi connectivity index (χ1v) is 10.0. The predicted octanol–water partition coefficient (Wildman–Crippen LogP) is 2.93. The normalized spacial score (nSPS) is 22.3. The molecule has 0 radical (unpaired) electrons. The van der Waals surface area contributed by atoms with Gasteiger partial charge in [-0.1, -0.05) is 30.3 Å². The molecule has 0 bridgehead atoms. The molecule has 144 valence electrons. The fourth-order valence-corrected chi connectivity index (χ4v) is 4.23. The zero-order valence-electron chi connectivity index (χ0n) is 16.0. The fourth-order valence-electron chi connectivity index (χ4n) is 4.23. The third-order valence-corrected chi connectivity index (χ3v) is 5.81. The Kier molecular flexibility index (Phi) is 7.32. The minimum Gasteiger partial charge on any atom is -0.383 e. The lowest BCUT2D eigenvalue weighted by atomic mass is 9.90. The summed E-state index contributed by atoms with van der Waals surface area (Å²) < 4.78 is 5.18. The average molecular weight is 360 g/mol. The van der Waals surface area contributed by atoms with E-state index in [2.05, 4.69) is 40.5 Å². The Morgan fingerprint density at radius 1 is 1.15 bits per heavy atom. The summed E-state index contributed by atoms with van der Waals surface area (Å²) in [6, 6.07) is 10.8. The standard InChI is InChI=1S/C21H33N3O2/c1-26-15-14-23-11-5-6-18(17-23)16-22-21(25)24-12-9-20(10-13-24)19-7-3-2-4-8-19/h2-4,7-8,18,20H,5-6,9-17H2,1H3,(H,22,25)/t18-/m1/s1. The summed E-state index contributed by atoms with van der Waals surface area (Å²) in [5, 5.41) is 3.18. The van der Waals surface area contributed by atoms with Gasteiger partial charge in [0.2, 0.25) is 0 Å². The number of rotatable bonds is 6. The summed E-state index contributed by atoms with van der Waals surface area (Å²) in [6.45, 7) is 6.51. The lowest BCUT2D eigenvalue weighted by Crippen LogP contribution is -2.47. The monoisotopic (exact) mass is 359 g/mol. The molecule has 2 amide bonds. The molecule has 2 heterocycles. The van der Waals surface area contributed by atoms with E-state index in [0.29, 0.717) is 11.8 Å². The van der Waals surface area contributed by atoms with Gasteiger partial charge in [0.1, 0.15) is 0 Å². The number of ether oxygens (including phenoxy) is 1. The molecule has 26 heavy (non-hydrogen) atoms. The number of carbonyl (C=O) groups is 1. The van der Waals surface area contributed by atoms with E-state index in [1.807, 2.05) is 4.90 Å². The van der Waals surface area contributed by atoms with Gasteiger partial charge in [-0.2, -0.15) is 0 Å². The molecule has 3 rings (SSSR count). The van der Waals surface area contributed by atoms with Crippen LogP contribution in [0.25, 0.3) is 0 Å². The van der Waals surface area contributed by atoms with Gasteiger partial charge in [0.05, 0.1) is 6.61 Å². The molecule has 0 aliphatic carbocycles. The Morgan fingerprint density at radius 2 is 1.92 bits per heavy atom. The van der Waals surface area contributed by atoms with Crippen molar-refractivity contribution in [2.75, 3.05) is 53.0 Å². The van der Waals surface area contributed by atoms with E-state index >= 15 is 0 Å². The molecule has 1 aromatic rings. The molecule has 1 aromatic carbocycles. The summed E-state index contributed by atoms with van der Waals surface area (Å²) >= 11 is 0. The molecule has 0 unspecified atom stereocenters. The number of urea groups is 1. The van der Waals surface area contributed by atoms with E-state index in [0.717, 1.165) is 58.7 Å². The summed E-state index contributed by atoms with van der Waals surface area (Å²) in [5.74, 6) is 1.15. The minimum absolute atomic E-state index is 0.116. The van der Waals surface area contributed by atoms with Gasteiger partial charge in [0, 0.05) is 39.8 Å². The summed E-state index contributed by atoms with van der Waals surface area (Å²) in [6.07, 6.45) is 4.55. The van der Waals surface area contributed by atoms with Crippen LogP contribution in [-0.4, -0.2) is 68.8 Å². The molecule has 5 nitrogen and oxygen atoms in total. The maximum Gasteiger partial charge on any atom is 0.317 e. The number of nitrogens with one attached hydrogen (secondary N) is 1. The molecule has 2 saturated heterocycles. The van der Waals surface area contributed by atoms with Crippen molar-refractivity contribution in [1.82, 2.24) is 15.1 Å². The first kappa shape index (κ1) is 19.2. The highest BCUT2D eigenvalue weighted by molar-refractivity contribution is 5.74. The van der Waals surface area contributed by atoms with Crippen molar-refractivity contribution < 1.29 is 9.53 Å². The van der Waals surface area contributed by atoms with Gasteiger partial charge < -0.3 is 19.9 Å². The van der Waals surface area contributed by atoms with Crippen molar-refractivity contribution in [2.45, 2.75) is 31.6 Å².